The molecule has 0 saturated carbocycles. The van der Waals surface area contributed by atoms with Gasteiger partial charge in [0.25, 0.3) is 5.91 Å². The van der Waals surface area contributed by atoms with E-state index in [0.29, 0.717) is 17.2 Å². The lowest BCUT2D eigenvalue weighted by Crippen LogP contribution is -2.16. The molecule has 0 aliphatic rings. The zero-order chi connectivity index (χ0) is 15.9. The first-order chi connectivity index (χ1) is 10.5. The monoisotopic (exact) mass is 358 g/mol. The number of pyridine rings is 2. The lowest BCUT2D eigenvalue weighted by atomic mass is 10.3. The summed E-state index contributed by atoms with van der Waals surface area (Å²) in [6.45, 7) is 5.75. The van der Waals surface area contributed by atoms with Crippen molar-refractivity contribution in [1.29, 1.82) is 0 Å². The Kier molecular flexibility index (Phi) is 3.70. The van der Waals surface area contributed by atoms with Gasteiger partial charge in [-0.15, -0.1) is 0 Å². The smallest absolute Gasteiger partial charge is 0.275 e. The van der Waals surface area contributed by atoms with E-state index in [1.54, 1.807) is 16.7 Å². The standard InChI is InChI=1S/C16H15BrN4O/c1-9-4-5-13(18-7-9)20-16(22)14-11(3)19-15-10(2)6-12(17)8-21(14)15/h4-8H,1-3H3,(H,18,20,22). The molecule has 0 spiro atoms. The molecule has 0 fully saturated rings. The molecule has 1 N–H and O–H groups in total. The van der Waals surface area contributed by atoms with Gasteiger partial charge >= 0.3 is 0 Å². The molecule has 3 rings (SSSR count). The number of nitrogens with zero attached hydrogens (tertiary/aromatic N) is 3. The zero-order valence-corrected chi connectivity index (χ0v) is 14.1. The Morgan fingerprint density at radius 1 is 1.27 bits per heavy atom. The molecule has 0 radical (unpaired) electrons. The van der Waals surface area contributed by atoms with Crippen LogP contribution >= 0.6 is 15.9 Å². The summed E-state index contributed by atoms with van der Waals surface area (Å²) in [6.07, 6.45) is 3.57. The van der Waals surface area contributed by atoms with Crippen LogP contribution < -0.4 is 5.32 Å². The number of fused-ring (bicyclic) bond motifs is 1. The molecule has 0 saturated heterocycles. The molecule has 0 aliphatic heterocycles. The topological polar surface area (TPSA) is 59.3 Å². The summed E-state index contributed by atoms with van der Waals surface area (Å²) >= 11 is 3.46. The fourth-order valence-electron chi connectivity index (χ4n) is 2.37. The second-order valence-corrected chi connectivity index (χ2v) is 6.17. The van der Waals surface area contributed by atoms with Crippen LogP contribution in [0.4, 0.5) is 5.82 Å². The van der Waals surface area contributed by atoms with E-state index in [1.165, 1.54) is 0 Å². The predicted molar refractivity (Wildman–Crippen MR) is 89.3 cm³/mol. The quantitative estimate of drug-likeness (QED) is 0.760. The number of aryl methyl sites for hydroxylation is 3. The average molecular weight is 359 g/mol. The van der Waals surface area contributed by atoms with Gasteiger partial charge < -0.3 is 5.32 Å². The number of hydrogen-bond donors (Lipinski definition) is 1. The van der Waals surface area contributed by atoms with Crippen LogP contribution in [0.5, 0.6) is 0 Å². The van der Waals surface area contributed by atoms with Crippen LogP contribution in [0.2, 0.25) is 0 Å². The fraction of sp³-hybridized carbons (Fsp3) is 0.188. The normalized spacial score (nSPS) is 10.9. The number of anilines is 1. The number of amides is 1. The number of rotatable bonds is 2. The highest BCUT2D eigenvalue weighted by Crippen LogP contribution is 2.21. The van der Waals surface area contributed by atoms with Crippen LogP contribution in [0.3, 0.4) is 0 Å². The van der Waals surface area contributed by atoms with Crippen molar-refractivity contribution in [3.63, 3.8) is 0 Å². The first-order valence-electron chi connectivity index (χ1n) is 6.84. The summed E-state index contributed by atoms with van der Waals surface area (Å²) < 4.78 is 2.70. The Morgan fingerprint density at radius 3 is 2.73 bits per heavy atom. The van der Waals surface area contributed by atoms with Crippen molar-refractivity contribution in [3.05, 3.63) is 57.6 Å². The molecule has 0 aromatic carbocycles. The predicted octanol–water partition coefficient (Wildman–Crippen LogP) is 3.67. The Labute approximate surface area is 136 Å². The van der Waals surface area contributed by atoms with E-state index in [4.69, 9.17) is 0 Å². The second-order valence-electron chi connectivity index (χ2n) is 5.26. The fourth-order valence-corrected chi connectivity index (χ4v) is 2.92. The summed E-state index contributed by atoms with van der Waals surface area (Å²) in [5.74, 6) is 0.301. The first-order valence-corrected chi connectivity index (χ1v) is 7.64. The molecule has 0 bridgehead atoms. The van der Waals surface area contributed by atoms with Gasteiger partial charge in [0.1, 0.15) is 17.2 Å². The minimum absolute atomic E-state index is 0.223. The van der Waals surface area contributed by atoms with Gasteiger partial charge in [-0.3, -0.25) is 9.20 Å². The van der Waals surface area contributed by atoms with Crippen molar-refractivity contribution in [2.24, 2.45) is 0 Å². The van der Waals surface area contributed by atoms with Crippen molar-refractivity contribution < 1.29 is 4.79 Å². The number of hydrogen-bond acceptors (Lipinski definition) is 3. The van der Waals surface area contributed by atoms with Gasteiger partial charge in [0.2, 0.25) is 0 Å². The number of carbonyl (C=O) groups excluding carboxylic acids is 1. The molecular weight excluding hydrogens is 344 g/mol. The van der Waals surface area contributed by atoms with Crippen molar-refractivity contribution in [2.75, 3.05) is 5.32 Å². The Bertz CT molecular complexity index is 868. The van der Waals surface area contributed by atoms with Gasteiger partial charge in [0, 0.05) is 16.9 Å². The SMILES string of the molecule is Cc1ccc(NC(=O)c2c(C)nc3c(C)cc(Br)cn23)nc1. The van der Waals surface area contributed by atoms with Gasteiger partial charge in [-0.1, -0.05) is 6.07 Å². The van der Waals surface area contributed by atoms with E-state index in [-0.39, 0.29) is 5.91 Å². The van der Waals surface area contributed by atoms with Crippen LogP contribution in [-0.4, -0.2) is 20.3 Å². The van der Waals surface area contributed by atoms with E-state index < -0.39 is 0 Å². The Hall–Kier alpha value is -2.21. The second kappa shape index (κ2) is 5.53. The molecule has 22 heavy (non-hydrogen) atoms. The van der Waals surface area contributed by atoms with Crippen LogP contribution in [0, 0.1) is 20.8 Å². The molecular formula is C16H15BrN4O. The van der Waals surface area contributed by atoms with Crippen molar-refractivity contribution in [1.82, 2.24) is 14.4 Å². The molecule has 0 aliphatic carbocycles. The number of aromatic nitrogens is 3. The zero-order valence-electron chi connectivity index (χ0n) is 12.5. The highest BCUT2D eigenvalue weighted by molar-refractivity contribution is 9.10. The third-order valence-corrected chi connectivity index (χ3v) is 3.85. The van der Waals surface area contributed by atoms with Gasteiger partial charge in [-0.25, -0.2) is 9.97 Å². The average Bonchev–Trinajstić information content (AvgIpc) is 2.78. The van der Waals surface area contributed by atoms with Crippen molar-refractivity contribution in [2.45, 2.75) is 20.8 Å². The molecule has 3 aromatic rings. The summed E-state index contributed by atoms with van der Waals surface area (Å²) in [7, 11) is 0. The minimum Gasteiger partial charge on any atom is -0.305 e. The number of halogens is 1. The maximum absolute atomic E-state index is 12.6. The van der Waals surface area contributed by atoms with Gasteiger partial charge in [-0.2, -0.15) is 0 Å². The number of nitrogens with one attached hydrogen (secondary N) is 1. The summed E-state index contributed by atoms with van der Waals surface area (Å²) in [6, 6.07) is 5.67. The number of carbonyl (C=O) groups is 1. The van der Waals surface area contributed by atoms with E-state index >= 15 is 0 Å². The molecule has 0 atom stereocenters. The van der Waals surface area contributed by atoms with E-state index in [2.05, 4.69) is 31.2 Å². The first kappa shape index (κ1) is 14.7. The van der Waals surface area contributed by atoms with Gasteiger partial charge in [-0.05, 0) is 60.0 Å². The Balaban J connectivity index is 2.03. The lowest BCUT2D eigenvalue weighted by Gasteiger charge is -2.06. The summed E-state index contributed by atoms with van der Waals surface area (Å²) in [5, 5.41) is 2.82. The van der Waals surface area contributed by atoms with Crippen LogP contribution in [0.25, 0.3) is 5.65 Å². The van der Waals surface area contributed by atoms with Gasteiger partial charge in [0.05, 0.1) is 5.69 Å². The molecule has 3 aromatic heterocycles. The Morgan fingerprint density at radius 2 is 2.05 bits per heavy atom. The lowest BCUT2D eigenvalue weighted by molar-refractivity contribution is 0.102. The van der Waals surface area contributed by atoms with Crippen LogP contribution in [-0.2, 0) is 0 Å². The molecule has 112 valence electrons. The highest BCUT2D eigenvalue weighted by Gasteiger charge is 2.18. The largest absolute Gasteiger partial charge is 0.305 e. The van der Waals surface area contributed by atoms with E-state index in [0.717, 1.165) is 21.2 Å². The summed E-state index contributed by atoms with van der Waals surface area (Å²) in [5.41, 5.74) is 4.03. The van der Waals surface area contributed by atoms with Crippen LogP contribution in [0.1, 0.15) is 27.3 Å². The van der Waals surface area contributed by atoms with E-state index in [9.17, 15) is 4.79 Å². The molecule has 3 heterocycles. The van der Waals surface area contributed by atoms with Gasteiger partial charge in [0.15, 0.2) is 0 Å². The third-order valence-electron chi connectivity index (χ3n) is 3.41. The van der Waals surface area contributed by atoms with Crippen LogP contribution in [0.15, 0.2) is 35.1 Å². The third kappa shape index (κ3) is 2.62. The van der Waals surface area contributed by atoms with E-state index in [1.807, 2.05) is 39.1 Å². The molecule has 0 unspecified atom stereocenters. The summed E-state index contributed by atoms with van der Waals surface area (Å²) in [4.78, 5) is 21.3. The molecule has 1 amide bonds. The number of imidazole rings is 1. The maximum atomic E-state index is 12.6. The highest BCUT2D eigenvalue weighted by atomic mass is 79.9. The minimum atomic E-state index is -0.223. The molecule has 6 heteroatoms. The van der Waals surface area contributed by atoms with Crippen molar-refractivity contribution in [3.8, 4) is 0 Å². The maximum Gasteiger partial charge on any atom is 0.275 e. The molecule has 5 nitrogen and oxygen atoms in total. The van der Waals surface area contributed by atoms with Crippen molar-refractivity contribution >= 4 is 33.3 Å².